The van der Waals surface area contributed by atoms with Gasteiger partial charge in [-0.15, -0.1) is 11.6 Å². The topological polar surface area (TPSA) is 17.8 Å². The van der Waals surface area contributed by atoms with E-state index in [1.54, 1.807) is 6.07 Å². The minimum absolute atomic E-state index is 0.245. The van der Waals surface area contributed by atoms with Crippen molar-refractivity contribution in [1.82, 2.24) is 9.55 Å². The molecule has 0 fully saturated rings. The van der Waals surface area contributed by atoms with Gasteiger partial charge in [-0.05, 0) is 52.9 Å². The van der Waals surface area contributed by atoms with Gasteiger partial charge in [-0.2, -0.15) is 0 Å². The summed E-state index contributed by atoms with van der Waals surface area (Å²) in [6.45, 7) is 0. The predicted molar refractivity (Wildman–Crippen MR) is 83.3 cm³/mol. The molecule has 0 atom stereocenters. The van der Waals surface area contributed by atoms with Crippen molar-refractivity contribution in [3.8, 4) is 5.69 Å². The van der Waals surface area contributed by atoms with Gasteiger partial charge >= 0.3 is 0 Å². The van der Waals surface area contributed by atoms with Crippen LogP contribution in [0.4, 0.5) is 4.39 Å². The van der Waals surface area contributed by atoms with Crippen LogP contribution in [0.15, 0.2) is 42.5 Å². The third-order valence-electron chi connectivity index (χ3n) is 2.90. The lowest BCUT2D eigenvalue weighted by Crippen LogP contribution is -2.01. The normalized spacial score (nSPS) is 11.1. The van der Waals surface area contributed by atoms with Gasteiger partial charge in [0.15, 0.2) is 0 Å². The monoisotopic (exact) mass is 386 g/mol. The summed E-state index contributed by atoms with van der Waals surface area (Å²) in [6.07, 6.45) is 0. The number of halogens is 3. The SMILES string of the molecule is Fc1ccc(-n2c(CCl)nc3ccccc32)c(I)c1. The van der Waals surface area contributed by atoms with E-state index in [1.165, 1.54) is 12.1 Å². The summed E-state index contributed by atoms with van der Waals surface area (Å²) in [5.41, 5.74) is 2.76. The van der Waals surface area contributed by atoms with E-state index in [1.807, 2.05) is 28.8 Å². The van der Waals surface area contributed by atoms with Crippen molar-refractivity contribution < 1.29 is 4.39 Å². The average molecular weight is 387 g/mol. The van der Waals surface area contributed by atoms with E-state index in [0.717, 1.165) is 26.1 Å². The summed E-state index contributed by atoms with van der Waals surface area (Å²) in [4.78, 5) is 4.51. The van der Waals surface area contributed by atoms with Gasteiger partial charge in [0.25, 0.3) is 0 Å². The molecule has 0 radical (unpaired) electrons. The Morgan fingerprint density at radius 3 is 2.74 bits per heavy atom. The van der Waals surface area contributed by atoms with E-state index < -0.39 is 0 Å². The van der Waals surface area contributed by atoms with Gasteiger partial charge in [-0.1, -0.05) is 12.1 Å². The average Bonchev–Trinajstić information content (AvgIpc) is 2.77. The Kier molecular flexibility index (Phi) is 3.45. The van der Waals surface area contributed by atoms with Crippen LogP contribution in [0, 0.1) is 9.39 Å². The van der Waals surface area contributed by atoms with Gasteiger partial charge < -0.3 is 0 Å². The summed E-state index contributed by atoms with van der Waals surface area (Å²) >= 11 is 8.10. The number of fused-ring (bicyclic) bond motifs is 1. The molecule has 0 bridgehead atoms. The molecule has 5 heteroatoms. The number of nitrogens with zero attached hydrogens (tertiary/aromatic N) is 2. The molecule has 1 heterocycles. The zero-order chi connectivity index (χ0) is 13.4. The minimum atomic E-state index is -0.245. The van der Waals surface area contributed by atoms with Crippen molar-refractivity contribution in [1.29, 1.82) is 0 Å². The van der Waals surface area contributed by atoms with E-state index in [0.29, 0.717) is 5.88 Å². The van der Waals surface area contributed by atoms with Gasteiger partial charge in [0, 0.05) is 3.57 Å². The van der Waals surface area contributed by atoms with E-state index in [-0.39, 0.29) is 5.82 Å². The lowest BCUT2D eigenvalue weighted by atomic mass is 10.2. The molecule has 2 nitrogen and oxygen atoms in total. The van der Waals surface area contributed by atoms with Crippen molar-refractivity contribution in [2.24, 2.45) is 0 Å². The van der Waals surface area contributed by atoms with Crippen LogP contribution in [0.25, 0.3) is 16.7 Å². The molecule has 2 aromatic carbocycles. The quantitative estimate of drug-likeness (QED) is 0.468. The van der Waals surface area contributed by atoms with Crippen LogP contribution in [-0.2, 0) is 5.88 Å². The molecule has 1 aromatic heterocycles. The Hall–Kier alpha value is -1.14. The van der Waals surface area contributed by atoms with Gasteiger partial charge in [-0.3, -0.25) is 4.57 Å². The fraction of sp³-hybridized carbons (Fsp3) is 0.0714. The van der Waals surface area contributed by atoms with Crippen molar-refractivity contribution in [3.63, 3.8) is 0 Å². The summed E-state index contributed by atoms with van der Waals surface area (Å²) in [5.74, 6) is 0.819. The summed E-state index contributed by atoms with van der Waals surface area (Å²) < 4.78 is 16.0. The number of hydrogen-bond donors (Lipinski definition) is 0. The number of aromatic nitrogens is 2. The zero-order valence-corrected chi connectivity index (χ0v) is 12.7. The Balaban J connectivity index is 2.34. The fourth-order valence-corrected chi connectivity index (χ4v) is 2.99. The van der Waals surface area contributed by atoms with Gasteiger partial charge in [0.1, 0.15) is 11.6 Å². The van der Waals surface area contributed by atoms with Gasteiger partial charge in [0.05, 0.1) is 22.6 Å². The predicted octanol–water partition coefficient (Wildman–Crippen LogP) is 4.51. The Morgan fingerprint density at radius 1 is 1.21 bits per heavy atom. The lowest BCUT2D eigenvalue weighted by molar-refractivity contribution is 0.626. The molecule has 0 saturated heterocycles. The van der Waals surface area contributed by atoms with Crippen LogP contribution in [0.1, 0.15) is 5.82 Å². The van der Waals surface area contributed by atoms with Crippen LogP contribution in [0.3, 0.4) is 0 Å². The molecule has 0 aliphatic carbocycles. The van der Waals surface area contributed by atoms with Crippen LogP contribution in [0.5, 0.6) is 0 Å². The molecule has 0 unspecified atom stereocenters. The molecule has 0 spiro atoms. The van der Waals surface area contributed by atoms with Gasteiger partial charge in [0.2, 0.25) is 0 Å². The highest BCUT2D eigenvalue weighted by Gasteiger charge is 2.13. The number of alkyl halides is 1. The van der Waals surface area contributed by atoms with E-state index in [2.05, 4.69) is 27.6 Å². The number of benzene rings is 2. The highest BCUT2D eigenvalue weighted by atomic mass is 127. The van der Waals surface area contributed by atoms with Crippen molar-refractivity contribution in [3.05, 3.63) is 57.7 Å². The first-order valence-corrected chi connectivity index (χ1v) is 7.30. The molecule has 0 N–H and O–H groups in total. The van der Waals surface area contributed by atoms with Crippen molar-refractivity contribution in [2.45, 2.75) is 5.88 Å². The molecule has 96 valence electrons. The summed E-state index contributed by atoms with van der Waals surface area (Å²) in [7, 11) is 0. The zero-order valence-electron chi connectivity index (χ0n) is 9.78. The standard InChI is InChI=1S/C14H9ClFIN2/c15-8-14-18-11-3-1-2-4-13(11)19(14)12-6-5-9(16)7-10(12)17/h1-7H,8H2. The molecule has 0 aliphatic heterocycles. The molecular weight excluding hydrogens is 378 g/mol. The Morgan fingerprint density at radius 2 is 2.00 bits per heavy atom. The molecule has 0 saturated carbocycles. The molecule has 3 rings (SSSR count). The molecule has 0 amide bonds. The number of hydrogen-bond acceptors (Lipinski definition) is 1. The van der Waals surface area contributed by atoms with Crippen LogP contribution >= 0.6 is 34.2 Å². The van der Waals surface area contributed by atoms with Gasteiger partial charge in [-0.25, -0.2) is 9.37 Å². The van der Waals surface area contributed by atoms with Crippen LogP contribution in [-0.4, -0.2) is 9.55 Å². The van der Waals surface area contributed by atoms with E-state index in [9.17, 15) is 4.39 Å². The first-order chi connectivity index (χ1) is 9.20. The van der Waals surface area contributed by atoms with Crippen molar-refractivity contribution >= 4 is 45.2 Å². The Bertz CT molecular complexity index is 754. The maximum Gasteiger partial charge on any atom is 0.129 e. The largest absolute Gasteiger partial charge is 0.294 e. The smallest absolute Gasteiger partial charge is 0.129 e. The minimum Gasteiger partial charge on any atom is -0.294 e. The third kappa shape index (κ3) is 2.23. The van der Waals surface area contributed by atoms with E-state index in [4.69, 9.17) is 11.6 Å². The lowest BCUT2D eigenvalue weighted by Gasteiger charge is -2.10. The second kappa shape index (κ2) is 5.09. The van der Waals surface area contributed by atoms with Crippen LogP contribution < -0.4 is 0 Å². The maximum atomic E-state index is 13.2. The number of rotatable bonds is 2. The molecular formula is C14H9ClFIN2. The second-order valence-electron chi connectivity index (χ2n) is 4.08. The van der Waals surface area contributed by atoms with Crippen molar-refractivity contribution in [2.75, 3.05) is 0 Å². The van der Waals surface area contributed by atoms with E-state index >= 15 is 0 Å². The highest BCUT2D eigenvalue weighted by molar-refractivity contribution is 14.1. The first kappa shape index (κ1) is 12.9. The van der Waals surface area contributed by atoms with Crippen LogP contribution in [0.2, 0.25) is 0 Å². The first-order valence-electron chi connectivity index (χ1n) is 5.68. The Labute approximate surface area is 128 Å². The fourth-order valence-electron chi connectivity index (χ4n) is 2.10. The molecule has 3 aromatic rings. The maximum absolute atomic E-state index is 13.2. The number of para-hydroxylation sites is 2. The second-order valence-corrected chi connectivity index (χ2v) is 5.51. The number of imidazole rings is 1. The third-order valence-corrected chi connectivity index (χ3v) is 4.00. The molecule has 19 heavy (non-hydrogen) atoms. The summed E-state index contributed by atoms with van der Waals surface area (Å²) in [6, 6.07) is 12.5. The molecule has 0 aliphatic rings. The summed E-state index contributed by atoms with van der Waals surface area (Å²) in [5, 5.41) is 0. The highest BCUT2D eigenvalue weighted by Crippen LogP contribution is 2.26.